The maximum Gasteiger partial charge on any atom is 0.239 e. The van der Waals surface area contributed by atoms with Crippen LogP contribution in [-0.4, -0.2) is 43.6 Å². The summed E-state index contributed by atoms with van der Waals surface area (Å²) in [6.45, 7) is 3.44. The van der Waals surface area contributed by atoms with Crippen LogP contribution in [0.5, 0.6) is 0 Å². The lowest BCUT2D eigenvalue weighted by Crippen LogP contribution is -2.44. The van der Waals surface area contributed by atoms with E-state index in [1.165, 1.54) is 24.8 Å². The molecule has 25 heavy (non-hydrogen) atoms. The zero-order valence-corrected chi connectivity index (χ0v) is 15.7. The van der Waals surface area contributed by atoms with Crippen LogP contribution >= 0.6 is 0 Å². The number of nitrogens with zero attached hydrogens (tertiary/aromatic N) is 1. The number of hydrogen-bond acceptors (Lipinski definition) is 3. The first-order valence-corrected chi connectivity index (χ1v) is 9.89. The van der Waals surface area contributed by atoms with E-state index in [2.05, 4.69) is 17.4 Å². The Balaban J connectivity index is 1.45. The van der Waals surface area contributed by atoms with Gasteiger partial charge in [-0.05, 0) is 38.3 Å². The molecule has 1 fully saturated rings. The number of carbonyl (C=O) groups is 1. The lowest BCUT2D eigenvalue weighted by molar-refractivity contribution is -0.132. The van der Waals surface area contributed by atoms with Crippen molar-refractivity contribution >= 4 is 5.91 Å². The largest absolute Gasteiger partial charge is 0.377 e. The van der Waals surface area contributed by atoms with E-state index in [1.54, 1.807) is 0 Å². The number of ether oxygens (including phenoxy) is 1. The molecule has 1 N–H and O–H groups in total. The number of unbranched alkanes of at least 4 members (excludes halogenated alkanes) is 4. The molecule has 0 spiro atoms. The van der Waals surface area contributed by atoms with Crippen LogP contribution in [0.3, 0.4) is 0 Å². The first-order valence-electron chi connectivity index (χ1n) is 9.89. The zero-order chi connectivity index (χ0) is 17.7. The van der Waals surface area contributed by atoms with Gasteiger partial charge in [-0.15, -0.1) is 0 Å². The quantitative estimate of drug-likeness (QED) is 0.586. The Morgan fingerprint density at radius 1 is 1.08 bits per heavy atom. The molecule has 0 aromatic heterocycles. The standard InChI is InChI=1S/C21H34N2O2/c1-22-20(21(24)23-15-9-10-16-23)14-8-3-2-4-11-17-25-18-19-12-6-5-7-13-19/h5-7,12-13,20,22H,2-4,8-11,14-18H2,1H3. The van der Waals surface area contributed by atoms with Crippen LogP contribution in [0.4, 0.5) is 0 Å². The molecule has 140 valence electrons. The van der Waals surface area contributed by atoms with E-state index in [1.807, 2.05) is 30.1 Å². The van der Waals surface area contributed by atoms with Crippen LogP contribution in [0, 0.1) is 0 Å². The van der Waals surface area contributed by atoms with Gasteiger partial charge in [0.1, 0.15) is 0 Å². The van der Waals surface area contributed by atoms with E-state index in [0.29, 0.717) is 12.5 Å². The molecule has 0 saturated carbocycles. The molecule has 1 saturated heterocycles. The molecular formula is C21H34N2O2. The molecule has 0 aliphatic carbocycles. The minimum absolute atomic E-state index is 0.00676. The van der Waals surface area contributed by atoms with E-state index in [0.717, 1.165) is 51.8 Å². The van der Waals surface area contributed by atoms with Crippen molar-refractivity contribution < 1.29 is 9.53 Å². The fourth-order valence-electron chi connectivity index (χ4n) is 3.40. The molecule has 1 aromatic carbocycles. The Hall–Kier alpha value is -1.39. The highest BCUT2D eigenvalue weighted by Gasteiger charge is 2.24. The van der Waals surface area contributed by atoms with Crippen molar-refractivity contribution in [3.63, 3.8) is 0 Å². The zero-order valence-electron chi connectivity index (χ0n) is 15.7. The summed E-state index contributed by atoms with van der Waals surface area (Å²) in [7, 11) is 1.91. The number of carbonyl (C=O) groups excluding carboxylic acids is 1. The average molecular weight is 347 g/mol. The fourth-order valence-corrected chi connectivity index (χ4v) is 3.40. The van der Waals surface area contributed by atoms with Crippen LogP contribution in [0.2, 0.25) is 0 Å². The van der Waals surface area contributed by atoms with Crippen LogP contribution in [0.15, 0.2) is 30.3 Å². The topological polar surface area (TPSA) is 41.6 Å². The molecule has 1 heterocycles. The maximum absolute atomic E-state index is 12.4. The highest BCUT2D eigenvalue weighted by atomic mass is 16.5. The van der Waals surface area contributed by atoms with Crippen LogP contribution in [-0.2, 0) is 16.1 Å². The van der Waals surface area contributed by atoms with Crippen LogP contribution in [0.1, 0.15) is 56.9 Å². The summed E-state index contributed by atoms with van der Waals surface area (Å²) in [4.78, 5) is 14.4. The summed E-state index contributed by atoms with van der Waals surface area (Å²) in [6.07, 6.45) is 9.15. The summed E-state index contributed by atoms with van der Waals surface area (Å²) < 4.78 is 5.71. The number of likely N-dealkylation sites (N-methyl/N-ethyl adjacent to an activating group) is 1. The predicted octanol–water partition coefficient (Wildman–Crippen LogP) is 3.75. The number of nitrogens with one attached hydrogen (secondary N) is 1. The van der Waals surface area contributed by atoms with Crippen molar-refractivity contribution in [1.82, 2.24) is 10.2 Å². The first kappa shape index (κ1) is 19.9. The molecule has 4 heteroatoms. The Kier molecular flexibility index (Phi) is 9.60. The lowest BCUT2D eigenvalue weighted by Gasteiger charge is -2.22. The number of rotatable bonds is 12. The normalized spacial score (nSPS) is 15.5. The van der Waals surface area contributed by atoms with Crippen molar-refractivity contribution in [1.29, 1.82) is 0 Å². The number of likely N-dealkylation sites (tertiary alicyclic amines) is 1. The van der Waals surface area contributed by atoms with E-state index < -0.39 is 0 Å². The van der Waals surface area contributed by atoms with Gasteiger partial charge in [-0.1, -0.05) is 56.0 Å². The Bertz CT molecular complexity index is 472. The van der Waals surface area contributed by atoms with Gasteiger partial charge in [-0.3, -0.25) is 4.79 Å². The van der Waals surface area contributed by atoms with Crippen molar-refractivity contribution in [2.24, 2.45) is 0 Å². The highest BCUT2D eigenvalue weighted by Crippen LogP contribution is 2.13. The van der Waals surface area contributed by atoms with Crippen LogP contribution < -0.4 is 5.32 Å². The van der Waals surface area contributed by atoms with Gasteiger partial charge in [0.15, 0.2) is 0 Å². The number of benzene rings is 1. The van der Waals surface area contributed by atoms with Gasteiger partial charge in [0, 0.05) is 19.7 Å². The molecule has 1 aromatic rings. The average Bonchev–Trinajstić information content (AvgIpc) is 3.18. The molecule has 1 amide bonds. The summed E-state index contributed by atoms with van der Waals surface area (Å²) >= 11 is 0. The highest BCUT2D eigenvalue weighted by molar-refractivity contribution is 5.82. The second kappa shape index (κ2) is 12.0. The smallest absolute Gasteiger partial charge is 0.239 e. The third-order valence-corrected chi connectivity index (χ3v) is 4.96. The molecular weight excluding hydrogens is 312 g/mol. The minimum Gasteiger partial charge on any atom is -0.377 e. The van der Waals surface area contributed by atoms with Crippen molar-refractivity contribution in [3.05, 3.63) is 35.9 Å². The predicted molar refractivity (Wildman–Crippen MR) is 102 cm³/mol. The van der Waals surface area contributed by atoms with E-state index in [-0.39, 0.29) is 6.04 Å². The lowest BCUT2D eigenvalue weighted by atomic mass is 10.1. The van der Waals surface area contributed by atoms with Crippen molar-refractivity contribution in [2.75, 3.05) is 26.7 Å². The second-order valence-corrected chi connectivity index (χ2v) is 6.97. The molecule has 2 rings (SSSR count). The molecule has 1 atom stereocenters. The van der Waals surface area contributed by atoms with Crippen molar-refractivity contribution in [2.45, 2.75) is 64.0 Å². The van der Waals surface area contributed by atoms with Gasteiger partial charge in [0.25, 0.3) is 0 Å². The molecule has 1 unspecified atom stereocenters. The second-order valence-electron chi connectivity index (χ2n) is 6.97. The Morgan fingerprint density at radius 2 is 1.76 bits per heavy atom. The maximum atomic E-state index is 12.4. The van der Waals surface area contributed by atoms with E-state index in [4.69, 9.17) is 4.74 Å². The molecule has 1 aliphatic rings. The van der Waals surface area contributed by atoms with Gasteiger partial charge in [0.2, 0.25) is 5.91 Å². The summed E-state index contributed by atoms with van der Waals surface area (Å²) in [6, 6.07) is 10.3. The number of hydrogen-bond donors (Lipinski definition) is 1. The Labute approximate surface area is 152 Å². The monoisotopic (exact) mass is 346 g/mol. The van der Waals surface area contributed by atoms with Crippen molar-refractivity contribution in [3.8, 4) is 0 Å². The van der Waals surface area contributed by atoms with Gasteiger partial charge in [-0.2, -0.15) is 0 Å². The van der Waals surface area contributed by atoms with Crippen LogP contribution in [0.25, 0.3) is 0 Å². The van der Waals surface area contributed by atoms with Gasteiger partial charge in [0.05, 0.1) is 12.6 Å². The number of amides is 1. The third kappa shape index (κ3) is 7.57. The third-order valence-electron chi connectivity index (χ3n) is 4.96. The first-order chi connectivity index (χ1) is 12.3. The molecule has 0 radical (unpaired) electrons. The minimum atomic E-state index is 0.00676. The summed E-state index contributed by atoms with van der Waals surface area (Å²) in [5, 5.41) is 3.20. The molecule has 1 aliphatic heterocycles. The fraction of sp³-hybridized carbons (Fsp3) is 0.667. The van der Waals surface area contributed by atoms with Gasteiger partial charge in [-0.25, -0.2) is 0 Å². The molecule has 4 nitrogen and oxygen atoms in total. The van der Waals surface area contributed by atoms with E-state index >= 15 is 0 Å². The summed E-state index contributed by atoms with van der Waals surface area (Å²) in [5.74, 6) is 0.300. The molecule has 0 bridgehead atoms. The van der Waals surface area contributed by atoms with E-state index in [9.17, 15) is 4.79 Å². The SMILES string of the molecule is CNC(CCCCCCCOCc1ccccc1)C(=O)N1CCCC1. The van der Waals surface area contributed by atoms with Gasteiger partial charge < -0.3 is 15.0 Å². The summed E-state index contributed by atoms with van der Waals surface area (Å²) in [5.41, 5.74) is 1.24. The Morgan fingerprint density at radius 3 is 2.48 bits per heavy atom. The van der Waals surface area contributed by atoms with Gasteiger partial charge >= 0.3 is 0 Å².